The molecular formula is C18H23FN4O2. The second-order valence-corrected chi connectivity index (χ2v) is 6.41. The molecule has 0 aliphatic carbocycles. The Bertz CT molecular complexity index is 660. The number of hydrogen-bond acceptors (Lipinski definition) is 4. The highest BCUT2D eigenvalue weighted by molar-refractivity contribution is 5.94. The Morgan fingerprint density at radius 2 is 1.92 bits per heavy atom. The van der Waals surface area contributed by atoms with E-state index in [0.29, 0.717) is 32.2 Å². The number of carbonyl (C=O) groups is 2. The van der Waals surface area contributed by atoms with Crippen molar-refractivity contribution in [2.75, 3.05) is 31.1 Å². The molecule has 25 heavy (non-hydrogen) atoms. The maximum absolute atomic E-state index is 13.1. The third kappa shape index (κ3) is 4.78. The summed E-state index contributed by atoms with van der Waals surface area (Å²) in [6.07, 6.45) is 2.99. The molecule has 0 saturated carbocycles. The quantitative estimate of drug-likeness (QED) is 0.906. The number of carbonyl (C=O) groups excluding carboxylic acids is 2. The zero-order chi connectivity index (χ0) is 17.6. The number of rotatable bonds is 4. The summed E-state index contributed by atoms with van der Waals surface area (Å²) in [6.45, 7) is 3.00. The molecule has 1 saturated heterocycles. The van der Waals surface area contributed by atoms with Gasteiger partial charge >= 0.3 is 0 Å². The van der Waals surface area contributed by atoms with E-state index in [-0.39, 0.29) is 17.6 Å². The third-order valence-corrected chi connectivity index (χ3v) is 4.65. The largest absolute Gasteiger partial charge is 0.370 e. The Hall–Kier alpha value is -2.44. The average Bonchev–Trinajstić information content (AvgIpc) is 2.88. The molecule has 2 aliphatic rings. The van der Waals surface area contributed by atoms with Crippen molar-refractivity contribution in [2.45, 2.75) is 32.1 Å². The normalized spacial score (nSPS) is 18.4. The summed E-state index contributed by atoms with van der Waals surface area (Å²) in [6, 6.07) is 6.49. The van der Waals surface area contributed by atoms with Gasteiger partial charge in [0.25, 0.3) is 0 Å². The maximum atomic E-state index is 13.1. The number of anilines is 1. The number of hydrazone groups is 1. The first kappa shape index (κ1) is 17.4. The van der Waals surface area contributed by atoms with E-state index in [1.54, 1.807) is 12.1 Å². The van der Waals surface area contributed by atoms with E-state index in [0.717, 1.165) is 37.5 Å². The summed E-state index contributed by atoms with van der Waals surface area (Å²) < 4.78 is 13.1. The molecule has 1 fully saturated rings. The molecule has 6 nitrogen and oxygen atoms in total. The van der Waals surface area contributed by atoms with Crippen LogP contribution in [0.3, 0.4) is 0 Å². The molecule has 0 radical (unpaired) electrons. The summed E-state index contributed by atoms with van der Waals surface area (Å²) in [5.41, 5.74) is 4.34. The smallest absolute Gasteiger partial charge is 0.240 e. The van der Waals surface area contributed by atoms with Crippen LogP contribution in [0.25, 0.3) is 0 Å². The fourth-order valence-electron chi connectivity index (χ4n) is 3.18. The lowest BCUT2D eigenvalue weighted by Gasteiger charge is -2.24. The topological polar surface area (TPSA) is 65.0 Å². The molecule has 2 heterocycles. The zero-order valence-electron chi connectivity index (χ0n) is 14.2. The van der Waals surface area contributed by atoms with Gasteiger partial charge in [-0.1, -0.05) is 0 Å². The van der Waals surface area contributed by atoms with E-state index in [1.807, 2.05) is 4.90 Å². The van der Waals surface area contributed by atoms with Crippen molar-refractivity contribution in [2.24, 2.45) is 5.10 Å². The molecule has 1 N–H and O–H groups in total. The van der Waals surface area contributed by atoms with Gasteiger partial charge in [0.05, 0.1) is 0 Å². The zero-order valence-corrected chi connectivity index (χ0v) is 14.2. The predicted molar refractivity (Wildman–Crippen MR) is 93.9 cm³/mol. The molecule has 2 amide bonds. The van der Waals surface area contributed by atoms with Gasteiger partial charge in [-0.2, -0.15) is 5.10 Å². The Kier molecular flexibility index (Phi) is 5.63. The van der Waals surface area contributed by atoms with Crippen LogP contribution in [0.5, 0.6) is 0 Å². The highest BCUT2D eigenvalue weighted by Gasteiger charge is 2.20. The van der Waals surface area contributed by atoms with Crippen LogP contribution in [0.2, 0.25) is 0 Å². The molecule has 7 heteroatoms. The highest BCUT2D eigenvalue weighted by atomic mass is 19.1. The van der Waals surface area contributed by atoms with Crippen molar-refractivity contribution in [1.29, 1.82) is 0 Å². The van der Waals surface area contributed by atoms with E-state index < -0.39 is 0 Å². The lowest BCUT2D eigenvalue weighted by Crippen LogP contribution is -2.35. The molecule has 134 valence electrons. The predicted octanol–water partition coefficient (Wildman–Crippen LogP) is 1.91. The summed E-state index contributed by atoms with van der Waals surface area (Å²) in [5, 5.41) is 4.01. The molecule has 0 aromatic heterocycles. The molecule has 3 rings (SSSR count). The number of halogens is 1. The Morgan fingerprint density at radius 1 is 1.12 bits per heavy atom. The fourth-order valence-corrected chi connectivity index (χ4v) is 3.18. The van der Waals surface area contributed by atoms with Crippen molar-refractivity contribution in [3.63, 3.8) is 0 Å². The van der Waals surface area contributed by atoms with Crippen molar-refractivity contribution in [3.8, 4) is 0 Å². The van der Waals surface area contributed by atoms with Crippen molar-refractivity contribution in [3.05, 3.63) is 30.1 Å². The van der Waals surface area contributed by atoms with E-state index in [1.165, 1.54) is 12.1 Å². The first-order chi connectivity index (χ1) is 12.1. The van der Waals surface area contributed by atoms with Gasteiger partial charge in [0, 0.05) is 50.4 Å². The van der Waals surface area contributed by atoms with Gasteiger partial charge in [-0.3, -0.25) is 9.59 Å². The Morgan fingerprint density at radius 3 is 2.64 bits per heavy atom. The average molecular weight is 346 g/mol. The van der Waals surface area contributed by atoms with Crippen LogP contribution < -0.4 is 10.3 Å². The van der Waals surface area contributed by atoms with Crippen molar-refractivity contribution in [1.82, 2.24) is 10.3 Å². The van der Waals surface area contributed by atoms with Gasteiger partial charge in [-0.05, 0) is 43.5 Å². The van der Waals surface area contributed by atoms with Crippen LogP contribution in [0.4, 0.5) is 10.1 Å². The van der Waals surface area contributed by atoms with Crippen LogP contribution in [0.15, 0.2) is 29.4 Å². The monoisotopic (exact) mass is 346 g/mol. The minimum Gasteiger partial charge on any atom is -0.370 e. The fraction of sp³-hybridized carbons (Fsp3) is 0.500. The molecule has 0 spiro atoms. The van der Waals surface area contributed by atoms with E-state index in [4.69, 9.17) is 0 Å². The molecular weight excluding hydrogens is 323 g/mol. The second kappa shape index (κ2) is 8.09. The van der Waals surface area contributed by atoms with E-state index >= 15 is 0 Å². The Balaban J connectivity index is 1.49. The van der Waals surface area contributed by atoms with Gasteiger partial charge in [0.1, 0.15) is 5.82 Å². The molecule has 1 aromatic rings. The van der Waals surface area contributed by atoms with E-state index in [9.17, 15) is 14.0 Å². The first-order valence-electron chi connectivity index (χ1n) is 8.74. The molecule has 1 aromatic carbocycles. The minimum absolute atomic E-state index is 0.0662. The summed E-state index contributed by atoms with van der Waals surface area (Å²) in [5.74, 6) is -0.179. The molecule has 0 bridgehead atoms. The number of benzene rings is 1. The van der Waals surface area contributed by atoms with Crippen LogP contribution in [-0.4, -0.2) is 48.6 Å². The SMILES string of the molecule is O=C1CCC(CCC(=O)N2CCCN(c3ccc(F)cc3)CC2)=NN1. The van der Waals surface area contributed by atoms with E-state index in [2.05, 4.69) is 15.4 Å². The summed E-state index contributed by atoms with van der Waals surface area (Å²) in [4.78, 5) is 27.6. The van der Waals surface area contributed by atoms with Gasteiger partial charge in [0.2, 0.25) is 11.8 Å². The number of nitrogens with one attached hydrogen (secondary N) is 1. The molecule has 0 atom stereocenters. The minimum atomic E-state index is -0.239. The lowest BCUT2D eigenvalue weighted by molar-refractivity contribution is -0.130. The third-order valence-electron chi connectivity index (χ3n) is 4.65. The van der Waals surface area contributed by atoms with Crippen LogP contribution in [0.1, 0.15) is 32.1 Å². The van der Waals surface area contributed by atoms with Gasteiger partial charge in [-0.15, -0.1) is 0 Å². The summed E-state index contributed by atoms with van der Waals surface area (Å²) in [7, 11) is 0. The second-order valence-electron chi connectivity index (χ2n) is 6.41. The van der Waals surface area contributed by atoms with Crippen molar-refractivity contribution < 1.29 is 14.0 Å². The standard InChI is InChI=1S/C18H23FN4O2/c19-14-2-6-16(7-3-14)22-10-1-11-23(13-12-22)18(25)9-5-15-4-8-17(24)21-20-15/h2-3,6-7H,1,4-5,8-13H2,(H,21,24). The van der Waals surface area contributed by atoms with Crippen LogP contribution in [0, 0.1) is 5.82 Å². The van der Waals surface area contributed by atoms with Crippen LogP contribution >= 0.6 is 0 Å². The molecule has 2 aliphatic heterocycles. The maximum Gasteiger partial charge on any atom is 0.240 e. The number of amides is 2. The first-order valence-corrected chi connectivity index (χ1v) is 8.74. The van der Waals surface area contributed by atoms with Crippen LogP contribution in [-0.2, 0) is 9.59 Å². The molecule has 0 unspecified atom stereocenters. The highest BCUT2D eigenvalue weighted by Crippen LogP contribution is 2.17. The Labute approximate surface area is 146 Å². The van der Waals surface area contributed by atoms with Crippen molar-refractivity contribution >= 4 is 23.2 Å². The number of nitrogens with zero attached hydrogens (tertiary/aromatic N) is 3. The van der Waals surface area contributed by atoms with Gasteiger partial charge in [-0.25, -0.2) is 9.82 Å². The van der Waals surface area contributed by atoms with Gasteiger partial charge in [0.15, 0.2) is 0 Å². The lowest BCUT2D eigenvalue weighted by atomic mass is 10.1. The number of hydrogen-bond donors (Lipinski definition) is 1. The van der Waals surface area contributed by atoms with Gasteiger partial charge < -0.3 is 9.80 Å². The summed E-state index contributed by atoms with van der Waals surface area (Å²) >= 11 is 0.